The lowest BCUT2D eigenvalue weighted by Crippen LogP contribution is -2.42. The van der Waals surface area contributed by atoms with Crippen LogP contribution in [0.4, 0.5) is 0 Å². The van der Waals surface area contributed by atoms with Crippen LogP contribution in [0.5, 0.6) is 0 Å². The minimum absolute atomic E-state index is 0.0823. The van der Waals surface area contributed by atoms with E-state index in [0.717, 1.165) is 12.1 Å². The number of nitrogens with zero attached hydrogens (tertiary/aromatic N) is 1. The number of hydrogen-bond acceptors (Lipinski definition) is 4. The summed E-state index contributed by atoms with van der Waals surface area (Å²) >= 11 is 0. The average Bonchev–Trinajstić information content (AvgIpc) is 2.49. The highest BCUT2D eigenvalue weighted by Crippen LogP contribution is 2.21. The average molecular weight is 398 g/mol. The van der Waals surface area contributed by atoms with Crippen LogP contribution in [0.3, 0.4) is 0 Å². The zero-order chi connectivity index (χ0) is 20.8. The Hall–Kier alpha value is -1.44. The summed E-state index contributed by atoms with van der Waals surface area (Å²) in [5.74, 6) is -0.150. The van der Waals surface area contributed by atoms with Gasteiger partial charge in [0.1, 0.15) is 0 Å². The molecule has 0 radical (unpaired) electrons. The third-order valence-electron chi connectivity index (χ3n) is 4.54. The third-order valence-corrected chi connectivity index (χ3v) is 6.30. The van der Waals surface area contributed by atoms with Crippen LogP contribution in [0, 0.1) is 20.8 Å². The van der Waals surface area contributed by atoms with E-state index in [9.17, 15) is 13.2 Å². The lowest BCUT2D eigenvalue weighted by Gasteiger charge is -2.30. The van der Waals surface area contributed by atoms with E-state index < -0.39 is 10.0 Å². The fourth-order valence-electron chi connectivity index (χ4n) is 3.49. The van der Waals surface area contributed by atoms with Crippen molar-refractivity contribution < 1.29 is 13.2 Å². The molecule has 0 saturated carbocycles. The second kappa shape index (κ2) is 10.2. The van der Waals surface area contributed by atoms with Crippen molar-refractivity contribution >= 4 is 15.9 Å². The van der Waals surface area contributed by atoms with E-state index in [1.54, 1.807) is 13.8 Å². The normalized spacial score (nSPS) is 12.2. The van der Waals surface area contributed by atoms with Crippen LogP contribution in [0.15, 0.2) is 17.0 Å². The van der Waals surface area contributed by atoms with E-state index in [0.29, 0.717) is 34.7 Å². The summed E-state index contributed by atoms with van der Waals surface area (Å²) in [4.78, 5) is 14.6. The predicted molar refractivity (Wildman–Crippen MR) is 110 cm³/mol. The number of hydrogen-bond donors (Lipinski definition) is 2. The molecule has 2 N–H and O–H groups in total. The van der Waals surface area contributed by atoms with Gasteiger partial charge < -0.3 is 5.32 Å². The minimum Gasteiger partial charge on any atom is -0.355 e. The number of rotatable bonds is 10. The van der Waals surface area contributed by atoms with Crippen molar-refractivity contribution in [3.63, 3.8) is 0 Å². The van der Waals surface area contributed by atoms with Gasteiger partial charge in [-0.05, 0) is 59.6 Å². The van der Waals surface area contributed by atoms with Crippen LogP contribution in [0.1, 0.15) is 50.8 Å². The molecular formula is C20H35N3O3S. The van der Waals surface area contributed by atoms with Gasteiger partial charge in [-0.15, -0.1) is 0 Å². The Bertz CT molecular complexity index is 712. The first kappa shape index (κ1) is 23.6. The molecule has 0 unspecified atom stereocenters. The van der Waals surface area contributed by atoms with Gasteiger partial charge in [-0.3, -0.25) is 9.69 Å². The Morgan fingerprint density at radius 3 is 2.00 bits per heavy atom. The molecule has 0 aliphatic rings. The number of nitrogens with one attached hydrogen (secondary N) is 2. The van der Waals surface area contributed by atoms with Gasteiger partial charge in [0.2, 0.25) is 15.9 Å². The first-order valence-corrected chi connectivity index (χ1v) is 11.0. The van der Waals surface area contributed by atoms with E-state index in [2.05, 4.69) is 42.6 Å². The zero-order valence-electron chi connectivity index (χ0n) is 17.7. The van der Waals surface area contributed by atoms with E-state index in [4.69, 9.17) is 0 Å². The standard InChI is InChI=1S/C20H35N3O3S/c1-14(2)23(15(3)4)11-10-21-19(24)8-9-22-27(25,26)20-17(6)12-16(5)13-18(20)7/h12-15,22H,8-11H2,1-7H3,(H,21,24). The summed E-state index contributed by atoms with van der Waals surface area (Å²) in [5.41, 5.74) is 2.46. The highest BCUT2D eigenvalue weighted by Gasteiger charge is 2.20. The van der Waals surface area contributed by atoms with Crippen molar-refractivity contribution in [2.24, 2.45) is 0 Å². The van der Waals surface area contributed by atoms with Gasteiger partial charge in [-0.25, -0.2) is 13.1 Å². The van der Waals surface area contributed by atoms with Crippen LogP contribution in [0.25, 0.3) is 0 Å². The monoisotopic (exact) mass is 397 g/mol. The SMILES string of the molecule is Cc1cc(C)c(S(=O)(=O)NCCC(=O)NCCN(C(C)C)C(C)C)c(C)c1. The van der Waals surface area contributed by atoms with Crippen molar-refractivity contribution in [3.8, 4) is 0 Å². The molecule has 0 bridgehead atoms. The number of sulfonamides is 1. The second-order valence-corrected chi connectivity index (χ2v) is 9.35. The lowest BCUT2D eigenvalue weighted by molar-refractivity contribution is -0.121. The maximum Gasteiger partial charge on any atom is 0.241 e. The lowest BCUT2D eigenvalue weighted by atomic mass is 10.1. The number of carbonyl (C=O) groups is 1. The van der Waals surface area contributed by atoms with Crippen LogP contribution in [0.2, 0.25) is 0 Å². The summed E-state index contributed by atoms with van der Waals surface area (Å²) in [5, 5.41) is 2.86. The Morgan fingerprint density at radius 2 is 1.52 bits per heavy atom. The van der Waals surface area contributed by atoms with Crippen molar-refractivity contribution in [2.45, 2.75) is 71.9 Å². The van der Waals surface area contributed by atoms with Crippen molar-refractivity contribution in [3.05, 3.63) is 28.8 Å². The quantitative estimate of drug-likeness (QED) is 0.636. The fraction of sp³-hybridized carbons (Fsp3) is 0.650. The van der Waals surface area contributed by atoms with E-state index in [1.165, 1.54) is 0 Å². The fourth-order valence-corrected chi connectivity index (χ4v) is 4.97. The van der Waals surface area contributed by atoms with Gasteiger partial charge in [0.25, 0.3) is 0 Å². The van der Waals surface area contributed by atoms with Crippen LogP contribution >= 0.6 is 0 Å². The summed E-state index contributed by atoms with van der Waals surface area (Å²) in [6.07, 6.45) is 0.118. The molecule has 1 rings (SSSR count). The molecule has 27 heavy (non-hydrogen) atoms. The Morgan fingerprint density at radius 1 is 1.00 bits per heavy atom. The molecule has 7 heteroatoms. The Labute approximate surface area is 164 Å². The van der Waals surface area contributed by atoms with E-state index in [1.807, 2.05) is 19.1 Å². The molecular weight excluding hydrogens is 362 g/mol. The van der Waals surface area contributed by atoms with E-state index >= 15 is 0 Å². The Kier molecular flexibility index (Phi) is 8.91. The van der Waals surface area contributed by atoms with Gasteiger partial charge in [-0.2, -0.15) is 0 Å². The Balaban J connectivity index is 2.52. The first-order chi connectivity index (χ1) is 12.5. The largest absolute Gasteiger partial charge is 0.355 e. The molecule has 0 aliphatic carbocycles. The van der Waals surface area contributed by atoms with Crippen LogP contribution < -0.4 is 10.0 Å². The molecule has 1 amide bonds. The molecule has 0 aromatic heterocycles. The molecule has 0 saturated heterocycles. The molecule has 154 valence electrons. The van der Waals surface area contributed by atoms with Gasteiger partial charge in [-0.1, -0.05) is 17.7 Å². The molecule has 0 fully saturated rings. The summed E-state index contributed by atoms with van der Waals surface area (Å²) < 4.78 is 27.7. The third kappa shape index (κ3) is 7.24. The zero-order valence-corrected chi connectivity index (χ0v) is 18.5. The first-order valence-electron chi connectivity index (χ1n) is 9.55. The highest BCUT2D eigenvalue weighted by molar-refractivity contribution is 7.89. The molecule has 0 aliphatic heterocycles. The molecule has 1 aromatic carbocycles. The van der Waals surface area contributed by atoms with Crippen molar-refractivity contribution in [1.82, 2.24) is 14.9 Å². The predicted octanol–water partition coefficient (Wildman–Crippen LogP) is 2.52. The maximum atomic E-state index is 12.6. The minimum atomic E-state index is -3.63. The number of carbonyl (C=O) groups excluding carboxylic acids is 1. The molecule has 6 nitrogen and oxygen atoms in total. The summed E-state index contributed by atoms with van der Waals surface area (Å²) in [7, 11) is -3.63. The van der Waals surface area contributed by atoms with Gasteiger partial charge in [0.15, 0.2) is 0 Å². The summed E-state index contributed by atoms with van der Waals surface area (Å²) in [6.45, 7) is 15.4. The van der Waals surface area contributed by atoms with Gasteiger partial charge >= 0.3 is 0 Å². The molecule has 0 spiro atoms. The van der Waals surface area contributed by atoms with E-state index in [-0.39, 0.29) is 18.9 Å². The second-order valence-electron chi connectivity index (χ2n) is 7.65. The number of benzene rings is 1. The highest BCUT2D eigenvalue weighted by atomic mass is 32.2. The smallest absolute Gasteiger partial charge is 0.241 e. The topological polar surface area (TPSA) is 78.5 Å². The van der Waals surface area contributed by atoms with Gasteiger partial charge in [0, 0.05) is 38.1 Å². The molecule has 0 heterocycles. The van der Waals surface area contributed by atoms with Gasteiger partial charge in [0.05, 0.1) is 4.90 Å². The number of amides is 1. The molecule has 0 atom stereocenters. The number of aryl methyl sites for hydroxylation is 3. The molecule has 1 aromatic rings. The van der Waals surface area contributed by atoms with Crippen molar-refractivity contribution in [2.75, 3.05) is 19.6 Å². The van der Waals surface area contributed by atoms with Crippen molar-refractivity contribution in [1.29, 1.82) is 0 Å². The van der Waals surface area contributed by atoms with Crippen LogP contribution in [-0.2, 0) is 14.8 Å². The maximum absolute atomic E-state index is 12.6. The van der Waals surface area contributed by atoms with Crippen LogP contribution in [-0.4, -0.2) is 50.9 Å². The summed E-state index contributed by atoms with van der Waals surface area (Å²) in [6, 6.07) is 4.52.